The van der Waals surface area contributed by atoms with E-state index >= 15 is 0 Å². The fourth-order valence-corrected chi connectivity index (χ4v) is 0.960. The van der Waals surface area contributed by atoms with Crippen molar-refractivity contribution in [3.8, 4) is 0 Å². The number of hydrogen-bond acceptors (Lipinski definition) is 3. The van der Waals surface area contributed by atoms with Crippen LogP contribution in [0.2, 0.25) is 0 Å². The molecule has 0 radical (unpaired) electrons. The van der Waals surface area contributed by atoms with Gasteiger partial charge < -0.3 is 15.4 Å². The number of hydrogen-bond donors (Lipinski definition) is 2. The van der Waals surface area contributed by atoms with Gasteiger partial charge in [0.15, 0.2) is 0 Å². The van der Waals surface area contributed by atoms with Crippen molar-refractivity contribution in [1.29, 1.82) is 0 Å². The van der Waals surface area contributed by atoms with E-state index < -0.39 is 6.04 Å². The van der Waals surface area contributed by atoms with E-state index in [9.17, 15) is 9.59 Å². The van der Waals surface area contributed by atoms with Gasteiger partial charge in [0.2, 0.25) is 5.91 Å². The van der Waals surface area contributed by atoms with Crippen molar-refractivity contribution >= 4 is 12.2 Å². The highest BCUT2D eigenvalue weighted by molar-refractivity contribution is 5.82. The number of rotatable bonds is 7. The Morgan fingerprint density at radius 2 is 2.21 bits per heavy atom. The lowest BCUT2D eigenvalue weighted by molar-refractivity contribution is -0.122. The molecule has 0 aliphatic carbocycles. The molecule has 1 unspecified atom stereocenters. The summed E-state index contributed by atoms with van der Waals surface area (Å²) in [5.41, 5.74) is 0.574. The zero-order valence-corrected chi connectivity index (χ0v) is 8.38. The van der Waals surface area contributed by atoms with E-state index in [4.69, 9.17) is 0 Å². The van der Waals surface area contributed by atoms with Crippen molar-refractivity contribution in [1.82, 2.24) is 10.6 Å². The first kappa shape index (κ1) is 12.4. The molecule has 0 aliphatic rings. The molecule has 0 aromatic rings. The normalized spacial score (nSPS) is 11.2. The predicted molar refractivity (Wildman–Crippen MR) is 55.6 cm³/mol. The zero-order valence-electron chi connectivity index (χ0n) is 8.38. The second-order valence-electron chi connectivity index (χ2n) is 2.78. The molecule has 0 aromatic carbocycles. The maximum absolute atomic E-state index is 11.3. The summed E-state index contributed by atoms with van der Waals surface area (Å²) >= 11 is 0. The molecule has 78 valence electrons. The quantitative estimate of drug-likeness (QED) is 0.457. The van der Waals surface area contributed by atoms with Crippen LogP contribution in [-0.2, 0) is 9.59 Å². The van der Waals surface area contributed by atoms with Crippen LogP contribution < -0.4 is 10.6 Å². The number of amides is 1. The third-order valence-electron chi connectivity index (χ3n) is 1.74. The van der Waals surface area contributed by atoms with Gasteiger partial charge in [-0.3, -0.25) is 4.79 Å². The van der Waals surface area contributed by atoms with Gasteiger partial charge in [0.05, 0.1) is 0 Å². The first-order valence-electron chi connectivity index (χ1n) is 4.38. The first-order valence-corrected chi connectivity index (χ1v) is 4.38. The lowest BCUT2D eigenvalue weighted by Crippen LogP contribution is -2.42. The Balaban J connectivity index is 4.22. The Hall–Kier alpha value is -1.58. The van der Waals surface area contributed by atoms with Gasteiger partial charge in [-0.2, -0.15) is 0 Å². The molecule has 0 spiro atoms. The summed E-state index contributed by atoms with van der Waals surface area (Å²) in [7, 11) is 1.55. The van der Waals surface area contributed by atoms with Gasteiger partial charge in [0, 0.05) is 19.2 Å². The van der Waals surface area contributed by atoms with Gasteiger partial charge in [-0.25, -0.2) is 0 Å². The van der Waals surface area contributed by atoms with Crippen molar-refractivity contribution < 1.29 is 9.59 Å². The lowest BCUT2D eigenvalue weighted by Gasteiger charge is -2.17. The molecule has 0 saturated carbocycles. The average molecular weight is 196 g/mol. The predicted octanol–water partition coefficient (Wildman–Crippen LogP) is 0.369. The minimum absolute atomic E-state index is 0.158. The molecule has 0 rings (SSSR count). The fourth-order valence-electron chi connectivity index (χ4n) is 0.960. The van der Waals surface area contributed by atoms with Crippen LogP contribution in [-0.4, -0.2) is 25.3 Å². The van der Waals surface area contributed by atoms with Gasteiger partial charge in [-0.1, -0.05) is 13.2 Å². The number of likely N-dealkylation sites (N-methyl/N-ethyl adjacent to an activating group) is 1. The highest BCUT2D eigenvalue weighted by atomic mass is 16.2. The van der Waals surface area contributed by atoms with Gasteiger partial charge in [-0.15, -0.1) is 0 Å². The van der Waals surface area contributed by atoms with Crippen LogP contribution in [0.5, 0.6) is 0 Å². The van der Waals surface area contributed by atoms with E-state index in [2.05, 4.69) is 23.8 Å². The molecule has 0 aliphatic heterocycles. The van der Waals surface area contributed by atoms with Gasteiger partial charge in [0.1, 0.15) is 12.3 Å². The summed E-state index contributed by atoms with van der Waals surface area (Å²) < 4.78 is 0. The molecular weight excluding hydrogens is 180 g/mol. The molecule has 0 saturated heterocycles. The third-order valence-corrected chi connectivity index (χ3v) is 1.74. The van der Waals surface area contributed by atoms with Gasteiger partial charge in [-0.05, 0) is 12.5 Å². The highest BCUT2D eigenvalue weighted by Gasteiger charge is 2.15. The Kier molecular flexibility index (Phi) is 6.11. The molecule has 1 atom stereocenters. The molecule has 14 heavy (non-hydrogen) atoms. The van der Waals surface area contributed by atoms with Crippen LogP contribution in [0.15, 0.2) is 24.9 Å². The number of carbonyl (C=O) groups is 2. The number of aldehydes is 1. The lowest BCUT2D eigenvalue weighted by atomic mass is 10.1. The molecule has 0 bridgehead atoms. The molecule has 4 nitrogen and oxygen atoms in total. The Morgan fingerprint density at radius 1 is 1.57 bits per heavy atom. The van der Waals surface area contributed by atoms with E-state index in [1.54, 1.807) is 7.05 Å². The van der Waals surface area contributed by atoms with E-state index in [1.807, 2.05) is 0 Å². The SMILES string of the molecule is C=CC(=C)NC(CCC=O)C(=O)NC. The van der Waals surface area contributed by atoms with E-state index in [0.717, 1.165) is 6.29 Å². The van der Waals surface area contributed by atoms with Crippen molar-refractivity contribution in [2.45, 2.75) is 18.9 Å². The van der Waals surface area contributed by atoms with Crippen molar-refractivity contribution in [2.24, 2.45) is 0 Å². The summed E-state index contributed by atoms with van der Waals surface area (Å²) in [6, 6.07) is -0.421. The molecule has 0 aromatic heterocycles. The van der Waals surface area contributed by atoms with Crippen LogP contribution in [0.25, 0.3) is 0 Å². The van der Waals surface area contributed by atoms with Crippen LogP contribution in [0.4, 0.5) is 0 Å². The van der Waals surface area contributed by atoms with Crippen LogP contribution >= 0.6 is 0 Å². The van der Waals surface area contributed by atoms with Crippen LogP contribution in [0.1, 0.15) is 12.8 Å². The second-order valence-corrected chi connectivity index (χ2v) is 2.78. The Bertz CT molecular complexity index is 236. The van der Waals surface area contributed by atoms with Crippen LogP contribution in [0.3, 0.4) is 0 Å². The summed E-state index contributed by atoms with van der Waals surface area (Å²) in [4.78, 5) is 21.5. The monoisotopic (exact) mass is 196 g/mol. The van der Waals surface area contributed by atoms with Crippen LogP contribution in [0, 0.1) is 0 Å². The maximum Gasteiger partial charge on any atom is 0.242 e. The molecule has 0 heterocycles. The van der Waals surface area contributed by atoms with Gasteiger partial charge >= 0.3 is 0 Å². The molecule has 2 N–H and O–H groups in total. The smallest absolute Gasteiger partial charge is 0.242 e. The van der Waals surface area contributed by atoms with E-state index in [0.29, 0.717) is 18.5 Å². The summed E-state index contributed by atoms with van der Waals surface area (Å²) in [5, 5.41) is 5.38. The molecular formula is C10H16N2O2. The zero-order chi connectivity index (χ0) is 11.0. The second kappa shape index (κ2) is 6.88. The average Bonchev–Trinajstić information content (AvgIpc) is 2.22. The fraction of sp³-hybridized carbons (Fsp3) is 0.400. The number of nitrogens with one attached hydrogen (secondary N) is 2. The third kappa shape index (κ3) is 4.45. The molecule has 0 fully saturated rings. The topological polar surface area (TPSA) is 58.2 Å². The maximum atomic E-state index is 11.3. The molecule has 1 amide bonds. The van der Waals surface area contributed by atoms with Crippen molar-refractivity contribution in [2.75, 3.05) is 7.05 Å². The van der Waals surface area contributed by atoms with Gasteiger partial charge in [0.25, 0.3) is 0 Å². The minimum atomic E-state index is -0.421. The summed E-state index contributed by atoms with van der Waals surface area (Å²) in [5.74, 6) is -0.158. The summed E-state index contributed by atoms with van der Waals surface area (Å²) in [6.45, 7) is 7.16. The van der Waals surface area contributed by atoms with Crippen molar-refractivity contribution in [3.05, 3.63) is 24.9 Å². The van der Waals surface area contributed by atoms with Crippen molar-refractivity contribution in [3.63, 3.8) is 0 Å². The minimum Gasteiger partial charge on any atom is -0.374 e. The number of allylic oxidation sites excluding steroid dienone is 1. The number of carbonyl (C=O) groups excluding carboxylic acids is 2. The van der Waals surface area contributed by atoms with E-state index in [-0.39, 0.29) is 5.91 Å². The first-order chi connectivity index (χ1) is 6.65. The van der Waals surface area contributed by atoms with E-state index in [1.165, 1.54) is 6.08 Å². The Morgan fingerprint density at radius 3 is 2.64 bits per heavy atom. The molecule has 4 heteroatoms. The Labute approximate surface area is 84.1 Å². The standard InChI is InChI=1S/C10H16N2O2/c1-4-8(2)12-9(6-5-7-13)10(14)11-3/h4,7,9,12H,1-2,5-6H2,3H3,(H,11,14). The largest absolute Gasteiger partial charge is 0.374 e. The summed E-state index contributed by atoms with van der Waals surface area (Å²) in [6.07, 6.45) is 3.11. The highest BCUT2D eigenvalue weighted by Crippen LogP contribution is 1.99.